The van der Waals surface area contributed by atoms with E-state index < -0.39 is 12.0 Å². The summed E-state index contributed by atoms with van der Waals surface area (Å²) in [5, 5.41) is 26.6. The number of rotatable bonds is 5. The van der Waals surface area contributed by atoms with Gasteiger partial charge >= 0.3 is 5.97 Å². The van der Waals surface area contributed by atoms with Crippen LogP contribution in [0.15, 0.2) is 48.9 Å². The normalized spacial score (nSPS) is 19.1. The highest BCUT2D eigenvalue weighted by Gasteiger charge is 2.31. The molecule has 0 bridgehead atoms. The second-order valence-electron chi connectivity index (χ2n) is 6.23. The Kier molecular flexibility index (Phi) is 4.38. The first-order valence-corrected chi connectivity index (χ1v) is 8.39. The van der Waals surface area contributed by atoms with Gasteiger partial charge in [0, 0.05) is 24.6 Å². The smallest absolute Gasteiger partial charge is 0.358 e. The first-order valence-electron chi connectivity index (χ1n) is 8.39. The van der Waals surface area contributed by atoms with E-state index in [0.717, 1.165) is 5.69 Å². The molecule has 2 aromatic heterocycles. The quantitative estimate of drug-likeness (QED) is 0.606. The van der Waals surface area contributed by atoms with E-state index in [1.165, 1.54) is 10.9 Å². The van der Waals surface area contributed by atoms with Crippen molar-refractivity contribution in [3.8, 4) is 5.69 Å². The number of carbonyl (C=O) groups excluding carboxylic acids is 1. The van der Waals surface area contributed by atoms with Crippen molar-refractivity contribution in [3.05, 3.63) is 54.6 Å². The van der Waals surface area contributed by atoms with Crippen LogP contribution in [0.25, 0.3) is 5.69 Å². The summed E-state index contributed by atoms with van der Waals surface area (Å²) >= 11 is 0. The molecule has 1 saturated heterocycles. The van der Waals surface area contributed by atoms with E-state index in [1.54, 1.807) is 10.9 Å². The molecule has 0 saturated carbocycles. The molecule has 1 aliphatic heterocycles. The monoisotopic (exact) mass is 367 g/mol. The van der Waals surface area contributed by atoms with Crippen LogP contribution in [0, 0.1) is 0 Å². The predicted octanol–water partition coefficient (Wildman–Crippen LogP) is 0.704. The number of aromatic nitrogens is 5. The lowest BCUT2D eigenvalue weighted by Crippen LogP contribution is -2.35. The van der Waals surface area contributed by atoms with Crippen molar-refractivity contribution >= 4 is 17.6 Å². The molecule has 3 heterocycles. The van der Waals surface area contributed by atoms with Crippen LogP contribution in [0.1, 0.15) is 23.0 Å². The van der Waals surface area contributed by atoms with Gasteiger partial charge < -0.3 is 15.7 Å². The molecule has 2 atom stereocenters. The number of benzene rings is 1. The summed E-state index contributed by atoms with van der Waals surface area (Å²) in [5.41, 5.74) is 1.41. The second kappa shape index (κ2) is 7.00. The second-order valence-corrected chi connectivity index (χ2v) is 6.23. The van der Waals surface area contributed by atoms with Gasteiger partial charge in [-0.05, 0) is 30.7 Å². The molecular formula is C17H17N7O3. The summed E-state index contributed by atoms with van der Waals surface area (Å²) in [6.45, 7) is 0.508. The van der Waals surface area contributed by atoms with Crippen molar-refractivity contribution in [3.63, 3.8) is 0 Å². The molecular weight excluding hydrogens is 350 g/mol. The summed E-state index contributed by atoms with van der Waals surface area (Å²) in [6.07, 6.45) is 5.39. The number of anilines is 1. The lowest BCUT2D eigenvalue weighted by atomic mass is 10.1. The third-order valence-electron chi connectivity index (χ3n) is 4.41. The van der Waals surface area contributed by atoms with Crippen LogP contribution < -0.4 is 10.6 Å². The molecule has 1 aliphatic rings. The zero-order valence-electron chi connectivity index (χ0n) is 14.2. The molecule has 3 aromatic rings. The van der Waals surface area contributed by atoms with E-state index in [0.29, 0.717) is 18.7 Å². The summed E-state index contributed by atoms with van der Waals surface area (Å²) in [7, 11) is 0. The SMILES string of the molecule is O=C(O)c1cn([C@@H]2CN[C@H](C(=O)Nc3cccc(-n4cccn4)c3)C2)nn1. The minimum atomic E-state index is -1.13. The Labute approximate surface area is 153 Å². The van der Waals surface area contributed by atoms with Gasteiger partial charge in [-0.1, -0.05) is 11.3 Å². The van der Waals surface area contributed by atoms with Crippen LogP contribution in [0.2, 0.25) is 0 Å². The standard InChI is InChI=1S/C17H17N7O3/c25-16(20-11-3-1-4-12(7-11)23-6-2-5-19-23)14-8-13(9-18-14)24-10-15(17(26)27)21-22-24/h1-7,10,13-14,18H,8-9H2,(H,20,25)(H,26,27)/t13-,14-/m0/s1. The topological polar surface area (TPSA) is 127 Å². The van der Waals surface area contributed by atoms with Crippen LogP contribution in [0.5, 0.6) is 0 Å². The Balaban J connectivity index is 1.40. The van der Waals surface area contributed by atoms with E-state index >= 15 is 0 Å². The Morgan fingerprint density at radius 3 is 2.93 bits per heavy atom. The number of hydrogen-bond acceptors (Lipinski definition) is 6. The summed E-state index contributed by atoms with van der Waals surface area (Å²) in [4.78, 5) is 23.5. The fourth-order valence-electron chi connectivity index (χ4n) is 3.05. The first-order chi connectivity index (χ1) is 13.1. The van der Waals surface area contributed by atoms with Crippen molar-refractivity contribution in [2.75, 3.05) is 11.9 Å². The van der Waals surface area contributed by atoms with Gasteiger partial charge in [0.25, 0.3) is 0 Å². The van der Waals surface area contributed by atoms with E-state index in [1.807, 2.05) is 36.5 Å². The minimum Gasteiger partial charge on any atom is -0.476 e. The zero-order chi connectivity index (χ0) is 18.8. The average Bonchev–Trinajstić information content (AvgIpc) is 3.42. The van der Waals surface area contributed by atoms with E-state index in [4.69, 9.17) is 5.11 Å². The van der Waals surface area contributed by atoms with Gasteiger partial charge in [-0.3, -0.25) is 4.79 Å². The lowest BCUT2D eigenvalue weighted by Gasteiger charge is -2.12. The molecule has 0 radical (unpaired) electrons. The molecule has 27 heavy (non-hydrogen) atoms. The zero-order valence-corrected chi connectivity index (χ0v) is 14.2. The Bertz CT molecular complexity index is 967. The van der Waals surface area contributed by atoms with Crippen molar-refractivity contribution < 1.29 is 14.7 Å². The highest BCUT2D eigenvalue weighted by Crippen LogP contribution is 2.21. The molecule has 1 aromatic carbocycles. The molecule has 10 nitrogen and oxygen atoms in total. The maximum absolute atomic E-state index is 12.6. The van der Waals surface area contributed by atoms with Gasteiger partial charge in [-0.15, -0.1) is 5.10 Å². The number of carboxylic acid groups (broad SMARTS) is 1. The molecule has 4 rings (SSSR count). The van der Waals surface area contributed by atoms with Crippen LogP contribution in [-0.2, 0) is 4.79 Å². The van der Waals surface area contributed by atoms with Gasteiger partial charge in [0.1, 0.15) is 0 Å². The van der Waals surface area contributed by atoms with Crippen molar-refractivity contribution in [2.24, 2.45) is 0 Å². The number of hydrogen-bond donors (Lipinski definition) is 3. The van der Waals surface area contributed by atoms with Crippen LogP contribution in [0.4, 0.5) is 5.69 Å². The number of nitrogens with zero attached hydrogens (tertiary/aromatic N) is 5. The Hall–Kier alpha value is -3.53. The van der Waals surface area contributed by atoms with Gasteiger partial charge in [0.05, 0.1) is 24.0 Å². The maximum atomic E-state index is 12.6. The minimum absolute atomic E-state index is 0.113. The molecule has 138 valence electrons. The highest BCUT2D eigenvalue weighted by molar-refractivity contribution is 5.95. The number of nitrogens with one attached hydrogen (secondary N) is 2. The fourth-order valence-corrected chi connectivity index (χ4v) is 3.05. The maximum Gasteiger partial charge on any atom is 0.358 e. The molecule has 1 amide bonds. The molecule has 0 spiro atoms. The van der Waals surface area contributed by atoms with Crippen LogP contribution in [0.3, 0.4) is 0 Å². The Morgan fingerprint density at radius 1 is 1.30 bits per heavy atom. The highest BCUT2D eigenvalue weighted by atomic mass is 16.4. The van der Waals surface area contributed by atoms with Crippen LogP contribution in [-0.4, -0.2) is 54.3 Å². The molecule has 1 fully saturated rings. The molecule has 10 heteroatoms. The average molecular weight is 367 g/mol. The number of carboxylic acids is 1. The van der Waals surface area contributed by atoms with Gasteiger partial charge in [0.15, 0.2) is 5.69 Å². The largest absolute Gasteiger partial charge is 0.476 e. The lowest BCUT2D eigenvalue weighted by molar-refractivity contribution is -0.117. The van der Waals surface area contributed by atoms with Crippen molar-refractivity contribution in [1.82, 2.24) is 30.1 Å². The van der Waals surface area contributed by atoms with Gasteiger partial charge in [-0.25, -0.2) is 14.2 Å². The number of carbonyl (C=O) groups is 2. The predicted molar refractivity (Wildman–Crippen MR) is 94.6 cm³/mol. The number of amides is 1. The third-order valence-corrected chi connectivity index (χ3v) is 4.41. The first kappa shape index (κ1) is 16.9. The molecule has 3 N–H and O–H groups in total. The van der Waals surface area contributed by atoms with Crippen molar-refractivity contribution in [2.45, 2.75) is 18.5 Å². The van der Waals surface area contributed by atoms with Gasteiger partial charge in [0.2, 0.25) is 5.91 Å². The third kappa shape index (κ3) is 3.55. The van der Waals surface area contributed by atoms with Gasteiger partial charge in [-0.2, -0.15) is 5.10 Å². The van der Waals surface area contributed by atoms with Crippen molar-refractivity contribution in [1.29, 1.82) is 0 Å². The number of aromatic carboxylic acids is 1. The Morgan fingerprint density at radius 2 is 2.19 bits per heavy atom. The van der Waals surface area contributed by atoms with Crippen LogP contribution >= 0.6 is 0 Å². The van der Waals surface area contributed by atoms with E-state index in [-0.39, 0.29) is 17.6 Å². The van der Waals surface area contributed by atoms with E-state index in [9.17, 15) is 9.59 Å². The summed E-state index contributed by atoms with van der Waals surface area (Å²) < 4.78 is 3.20. The van der Waals surface area contributed by atoms with E-state index in [2.05, 4.69) is 26.0 Å². The molecule has 0 unspecified atom stereocenters. The summed E-state index contributed by atoms with van der Waals surface area (Å²) in [6, 6.07) is 8.70. The fraction of sp³-hybridized carbons (Fsp3) is 0.235. The molecule has 0 aliphatic carbocycles. The summed E-state index contributed by atoms with van der Waals surface area (Å²) in [5.74, 6) is -1.28.